The van der Waals surface area contributed by atoms with E-state index < -0.39 is 0 Å². The maximum absolute atomic E-state index is 12.1. The number of nitrogens with one attached hydrogen (secondary N) is 1. The van der Waals surface area contributed by atoms with E-state index in [9.17, 15) is 4.79 Å². The minimum atomic E-state index is -0.0426. The summed E-state index contributed by atoms with van der Waals surface area (Å²) in [6.45, 7) is 0.482. The Kier molecular flexibility index (Phi) is 5.45. The van der Waals surface area contributed by atoms with Crippen molar-refractivity contribution in [3.8, 4) is 5.69 Å². The molecule has 7 heteroatoms. The first-order chi connectivity index (χ1) is 13.2. The van der Waals surface area contributed by atoms with Gasteiger partial charge in [0, 0.05) is 17.5 Å². The lowest BCUT2D eigenvalue weighted by Gasteiger charge is -2.04. The molecule has 1 amide bonds. The van der Waals surface area contributed by atoms with E-state index in [-0.39, 0.29) is 11.7 Å². The van der Waals surface area contributed by atoms with Crippen molar-refractivity contribution in [2.45, 2.75) is 30.5 Å². The summed E-state index contributed by atoms with van der Waals surface area (Å²) in [6, 6.07) is 17.4. The number of hydrogen-bond acceptors (Lipinski definition) is 4. The smallest absolute Gasteiger partial charge is 0.230 e. The van der Waals surface area contributed by atoms with Crippen LogP contribution < -0.4 is 5.32 Å². The van der Waals surface area contributed by atoms with E-state index in [1.165, 1.54) is 11.8 Å². The van der Waals surface area contributed by atoms with Crippen molar-refractivity contribution >= 4 is 29.3 Å². The molecule has 0 aliphatic heterocycles. The molecule has 0 spiro atoms. The normalized spacial score (nSPS) is 13.5. The summed E-state index contributed by atoms with van der Waals surface area (Å²) in [5.74, 6) is 1.71. The van der Waals surface area contributed by atoms with Gasteiger partial charge in [0.1, 0.15) is 5.82 Å². The summed E-state index contributed by atoms with van der Waals surface area (Å²) in [4.78, 5) is 16.8. The highest BCUT2D eigenvalue weighted by atomic mass is 35.5. The molecule has 1 aliphatic carbocycles. The number of rotatable bonds is 7. The number of aromatic nitrogens is 3. The Morgan fingerprint density at radius 2 is 1.89 bits per heavy atom. The third-order valence-electron chi connectivity index (χ3n) is 4.29. The van der Waals surface area contributed by atoms with Crippen LogP contribution in [0.2, 0.25) is 5.02 Å². The first kappa shape index (κ1) is 18.1. The summed E-state index contributed by atoms with van der Waals surface area (Å²) >= 11 is 7.24. The van der Waals surface area contributed by atoms with Gasteiger partial charge in [-0.3, -0.25) is 4.79 Å². The number of benzene rings is 2. The van der Waals surface area contributed by atoms with Crippen LogP contribution in [-0.2, 0) is 11.3 Å². The van der Waals surface area contributed by atoms with Gasteiger partial charge < -0.3 is 5.32 Å². The van der Waals surface area contributed by atoms with Gasteiger partial charge in [-0.2, -0.15) is 0 Å². The molecule has 27 heavy (non-hydrogen) atoms. The van der Waals surface area contributed by atoms with Crippen LogP contribution in [-0.4, -0.2) is 26.4 Å². The van der Waals surface area contributed by atoms with E-state index in [2.05, 4.69) is 15.4 Å². The van der Waals surface area contributed by atoms with Crippen LogP contribution in [0.15, 0.2) is 59.8 Å². The molecule has 1 saturated carbocycles. The first-order valence-electron chi connectivity index (χ1n) is 8.85. The molecular weight excluding hydrogens is 380 g/mol. The molecule has 1 aliphatic rings. The molecule has 1 fully saturated rings. The van der Waals surface area contributed by atoms with E-state index in [4.69, 9.17) is 11.6 Å². The van der Waals surface area contributed by atoms with Crippen LogP contribution in [0.1, 0.15) is 30.1 Å². The quantitative estimate of drug-likeness (QED) is 0.606. The molecule has 138 valence electrons. The van der Waals surface area contributed by atoms with Gasteiger partial charge in [0.15, 0.2) is 0 Å². The molecule has 5 nitrogen and oxygen atoms in total. The van der Waals surface area contributed by atoms with Crippen molar-refractivity contribution in [1.82, 2.24) is 20.1 Å². The molecule has 2 aromatic carbocycles. The topological polar surface area (TPSA) is 59.8 Å². The molecule has 0 radical (unpaired) electrons. The van der Waals surface area contributed by atoms with Crippen molar-refractivity contribution in [3.05, 3.63) is 71.0 Å². The number of amides is 1. The van der Waals surface area contributed by atoms with Crippen LogP contribution in [0.5, 0.6) is 0 Å². The fourth-order valence-electron chi connectivity index (χ4n) is 2.71. The molecule has 4 rings (SSSR count). The van der Waals surface area contributed by atoms with Gasteiger partial charge >= 0.3 is 0 Å². The predicted octanol–water partition coefficient (Wildman–Crippen LogP) is 4.21. The van der Waals surface area contributed by atoms with Gasteiger partial charge in [-0.1, -0.05) is 53.7 Å². The number of carbonyl (C=O) groups is 1. The molecule has 0 atom stereocenters. The molecular formula is C20H19ClN4OS. The van der Waals surface area contributed by atoms with E-state index >= 15 is 0 Å². The number of thioether (sulfide) groups is 1. The van der Waals surface area contributed by atoms with Crippen LogP contribution >= 0.6 is 23.4 Å². The fourth-order valence-corrected chi connectivity index (χ4v) is 3.50. The Labute approximate surface area is 167 Å². The van der Waals surface area contributed by atoms with Crippen molar-refractivity contribution in [3.63, 3.8) is 0 Å². The third-order valence-corrected chi connectivity index (χ3v) is 5.38. The minimum absolute atomic E-state index is 0.0426. The fraction of sp³-hybridized carbons (Fsp3) is 0.250. The van der Waals surface area contributed by atoms with Gasteiger partial charge in [-0.05, 0) is 42.7 Å². The van der Waals surface area contributed by atoms with E-state index in [0.29, 0.717) is 22.6 Å². The van der Waals surface area contributed by atoms with Gasteiger partial charge in [0.25, 0.3) is 0 Å². The zero-order chi connectivity index (χ0) is 18.6. The highest BCUT2D eigenvalue weighted by Gasteiger charge is 2.30. The SMILES string of the molecule is O=C(CSc1nc(C2CC2)n(-c2ccccc2)n1)NCc1ccc(Cl)cc1. The number of halogens is 1. The van der Waals surface area contributed by atoms with E-state index in [1.807, 2.05) is 59.3 Å². The molecule has 1 N–H and O–H groups in total. The standard InChI is InChI=1S/C20H19ClN4OS/c21-16-10-6-14(7-11-16)12-22-18(26)13-27-20-23-19(15-8-9-15)25(24-20)17-4-2-1-3-5-17/h1-7,10-11,15H,8-9,12-13H2,(H,22,26). The number of carbonyl (C=O) groups excluding carboxylic acids is 1. The molecule has 0 unspecified atom stereocenters. The Morgan fingerprint density at radius 3 is 2.59 bits per heavy atom. The first-order valence-corrected chi connectivity index (χ1v) is 10.2. The lowest BCUT2D eigenvalue weighted by atomic mass is 10.2. The highest BCUT2D eigenvalue weighted by Crippen LogP contribution is 2.40. The molecule has 1 aromatic heterocycles. The molecule has 3 aromatic rings. The van der Waals surface area contributed by atoms with Crippen LogP contribution in [0, 0.1) is 0 Å². The van der Waals surface area contributed by atoms with Gasteiger partial charge in [-0.15, -0.1) is 5.10 Å². The lowest BCUT2D eigenvalue weighted by molar-refractivity contribution is -0.118. The van der Waals surface area contributed by atoms with Crippen LogP contribution in [0.4, 0.5) is 0 Å². The lowest BCUT2D eigenvalue weighted by Crippen LogP contribution is -2.24. The van der Waals surface area contributed by atoms with Gasteiger partial charge in [-0.25, -0.2) is 9.67 Å². The summed E-state index contributed by atoms with van der Waals surface area (Å²) in [7, 11) is 0. The average molecular weight is 399 g/mol. The molecule has 1 heterocycles. The third kappa shape index (κ3) is 4.70. The molecule has 0 saturated heterocycles. The van der Waals surface area contributed by atoms with Crippen molar-refractivity contribution in [2.75, 3.05) is 5.75 Å². The summed E-state index contributed by atoms with van der Waals surface area (Å²) in [5.41, 5.74) is 2.02. The monoisotopic (exact) mass is 398 g/mol. The predicted molar refractivity (Wildman–Crippen MR) is 107 cm³/mol. The second kappa shape index (κ2) is 8.15. The van der Waals surface area contributed by atoms with Gasteiger partial charge in [0.05, 0.1) is 11.4 Å². The van der Waals surface area contributed by atoms with Crippen LogP contribution in [0.3, 0.4) is 0 Å². The maximum Gasteiger partial charge on any atom is 0.230 e. The van der Waals surface area contributed by atoms with Crippen molar-refractivity contribution in [2.24, 2.45) is 0 Å². The summed E-state index contributed by atoms with van der Waals surface area (Å²) < 4.78 is 1.91. The maximum atomic E-state index is 12.1. The van der Waals surface area contributed by atoms with E-state index in [1.54, 1.807) is 0 Å². The van der Waals surface area contributed by atoms with Crippen molar-refractivity contribution in [1.29, 1.82) is 0 Å². The largest absolute Gasteiger partial charge is 0.351 e. The number of para-hydroxylation sites is 1. The number of hydrogen-bond donors (Lipinski definition) is 1. The second-order valence-corrected chi connectivity index (χ2v) is 7.85. The van der Waals surface area contributed by atoms with Crippen LogP contribution in [0.25, 0.3) is 5.69 Å². The Bertz CT molecular complexity index is 923. The highest BCUT2D eigenvalue weighted by molar-refractivity contribution is 7.99. The number of nitrogens with zero attached hydrogens (tertiary/aromatic N) is 3. The van der Waals surface area contributed by atoms with Gasteiger partial charge in [0.2, 0.25) is 11.1 Å². The molecule has 0 bridgehead atoms. The Hall–Kier alpha value is -2.31. The zero-order valence-corrected chi connectivity index (χ0v) is 16.2. The zero-order valence-electron chi connectivity index (χ0n) is 14.6. The Balaban J connectivity index is 1.36. The second-order valence-electron chi connectivity index (χ2n) is 6.47. The summed E-state index contributed by atoms with van der Waals surface area (Å²) in [6.07, 6.45) is 2.30. The summed E-state index contributed by atoms with van der Waals surface area (Å²) in [5, 5.41) is 8.86. The van der Waals surface area contributed by atoms with Crippen molar-refractivity contribution < 1.29 is 4.79 Å². The average Bonchev–Trinajstić information content (AvgIpc) is 3.46. The Morgan fingerprint density at radius 1 is 1.15 bits per heavy atom. The van der Waals surface area contributed by atoms with E-state index in [0.717, 1.165) is 29.9 Å². The minimum Gasteiger partial charge on any atom is -0.351 e.